The van der Waals surface area contributed by atoms with E-state index in [-0.39, 0.29) is 24.0 Å². The van der Waals surface area contributed by atoms with E-state index in [4.69, 9.17) is 10.5 Å². The molecule has 22 heavy (non-hydrogen) atoms. The topological polar surface area (TPSA) is 89.2 Å². The molecule has 1 amide bonds. The molecule has 0 bridgehead atoms. The number of carbonyl (C=O) groups excluding carboxylic acids is 1. The number of nitrogens with zero attached hydrogens (tertiary/aromatic N) is 2. The monoisotopic (exact) mass is 420 g/mol. The van der Waals surface area contributed by atoms with E-state index in [0.29, 0.717) is 31.4 Å². The van der Waals surface area contributed by atoms with Crippen molar-refractivity contribution in [3.63, 3.8) is 0 Å². The standard InChI is InChI=1S/C14H20N4O3.HI/c1-20-14(19)17-12-4-2-11(3-5-12)10-16-13(15)18-6-8-21-9-7-18;/h2-5H,6-10H2,1H3,(H2,15,16)(H,17,19);1H. The predicted octanol–water partition coefficient (Wildman–Crippen LogP) is 1.63. The minimum absolute atomic E-state index is 0. The zero-order valence-electron chi connectivity index (χ0n) is 12.4. The average molecular weight is 420 g/mol. The fourth-order valence-electron chi connectivity index (χ4n) is 1.93. The lowest BCUT2D eigenvalue weighted by atomic mass is 10.2. The average Bonchev–Trinajstić information content (AvgIpc) is 2.54. The number of ether oxygens (including phenoxy) is 2. The molecule has 1 aliphatic heterocycles. The van der Waals surface area contributed by atoms with E-state index < -0.39 is 6.09 Å². The third kappa shape index (κ3) is 5.68. The first-order valence-electron chi connectivity index (χ1n) is 6.75. The Balaban J connectivity index is 0.00000242. The van der Waals surface area contributed by atoms with E-state index in [2.05, 4.69) is 15.0 Å². The Labute approximate surface area is 146 Å². The van der Waals surface area contributed by atoms with Crippen LogP contribution in [0.1, 0.15) is 5.56 Å². The van der Waals surface area contributed by atoms with Gasteiger partial charge in [0.25, 0.3) is 0 Å². The fourth-order valence-corrected chi connectivity index (χ4v) is 1.93. The molecule has 0 atom stereocenters. The fraction of sp³-hybridized carbons (Fsp3) is 0.429. The van der Waals surface area contributed by atoms with Crippen LogP contribution in [0.3, 0.4) is 0 Å². The first kappa shape index (κ1) is 18.5. The molecule has 0 radical (unpaired) electrons. The smallest absolute Gasteiger partial charge is 0.411 e. The number of hydrogen-bond donors (Lipinski definition) is 2. The van der Waals surface area contributed by atoms with Crippen molar-refractivity contribution in [3.8, 4) is 0 Å². The molecule has 0 saturated carbocycles. The second-order valence-corrected chi connectivity index (χ2v) is 4.59. The molecule has 0 spiro atoms. The number of aliphatic imine (C=N–C) groups is 1. The van der Waals surface area contributed by atoms with Gasteiger partial charge >= 0.3 is 6.09 Å². The lowest BCUT2D eigenvalue weighted by Crippen LogP contribution is -2.44. The van der Waals surface area contributed by atoms with Crippen LogP contribution in [0.4, 0.5) is 10.5 Å². The van der Waals surface area contributed by atoms with Crippen molar-refractivity contribution in [2.24, 2.45) is 10.7 Å². The Bertz CT molecular complexity index is 501. The van der Waals surface area contributed by atoms with E-state index in [1.165, 1.54) is 7.11 Å². The summed E-state index contributed by atoms with van der Waals surface area (Å²) >= 11 is 0. The second-order valence-electron chi connectivity index (χ2n) is 4.59. The van der Waals surface area contributed by atoms with Gasteiger partial charge in [0.1, 0.15) is 0 Å². The van der Waals surface area contributed by atoms with Gasteiger partial charge in [-0.05, 0) is 17.7 Å². The molecule has 3 N–H and O–H groups in total. The number of halogens is 1. The van der Waals surface area contributed by atoms with Crippen LogP contribution in [0, 0.1) is 0 Å². The van der Waals surface area contributed by atoms with Gasteiger partial charge in [-0.1, -0.05) is 12.1 Å². The molecule has 1 fully saturated rings. The first-order valence-corrected chi connectivity index (χ1v) is 6.75. The summed E-state index contributed by atoms with van der Waals surface area (Å²) in [4.78, 5) is 17.5. The van der Waals surface area contributed by atoms with Crippen LogP contribution in [-0.4, -0.2) is 50.4 Å². The maximum absolute atomic E-state index is 11.1. The summed E-state index contributed by atoms with van der Waals surface area (Å²) in [7, 11) is 1.33. The highest BCUT2D eigenvalue weighted by molar-refractivity contribution is 14.0. The molecule has 0 aromatic heterocycles. The Kier molecular flexibility index (Phi) is 7.96. The number of methoxy groups -OCH3 is 1. The molecule has 2 rings (SSSR count). The van der Waals surface area contributed by atoms with Gasteiger partial charge in [-0.2, -0.15) is 0 Å². The van der Waals surface area contributed by atoms with Crippen LogP contribution in [-0.2, 0) is 16.0 Å². The molecule has 7 nitrogen and oxygen atoms in total. The van der Waals surface area contributed by atoms with Crippen LogP contribution >= 0.6 is 24.0 Å². The van der Waals surface area contributed by atoms with Gasteiger partial charge in [0.2, 0.25) is 0 Å². The maximum Gasteiger partial charge on any atom is 0.411 e. The molecule has 122 valence electrons. The number of rotatable bonds is 3. The minimum Gasteiger partial charge on any atom is -0.453 e. The van der Waals surface area contributed by atoms with Crippen molar-refractivity contribution in [1.82, 2.24) is 4.90 Å². The Morgan fingerprint density at radius 1 is 1.36 bits per heavy atom. The number of morpholine rings is 1. The summed E-state index contributed by atoms with van der Waals surface area (Å²) in [5.41, 5.74) is 7.65. The minimum atomic E-state index is -0.489. The number of amides is 1. The highest BCUT2D eigenvalue weighted by atomic mass is 127. The molecule has 0 unspecified atom stereocenters. The zero-order valence-corrected chi connectivity index (χ0v) is 14.8. The second kappa shape index (κ2) is 9.46. The normalized spacial score (nSPS) is 15.0. The molecule has 0 aliphatic carbocycles. The molecule has 1 saturated heterocycles. The summed E-state index contributed by atoms with van der Waals surface area (Å²) in [6, 6.07) is 7.38. The maximum atomic E-state index is 11.1. The number of hydrogen-bond acceptors (Lipinski definition) is 4. The summed E-state index contributed by atoms with van der Waals surface area (Å²) in [6.45, 7) is 3.42. The molecule has 1 heterocycles. The number of nitrogens with two attached hydrogens (primary N) is 1. The van der Waals surface area contributed by atoms with Crippen molar-refractivity contribution in [1.29, 1.82) is 0 Å². The lowest BCUT2D eigenvalue weighted by molar-refractivity contribution is 0.0674. The molecule has 8 heteroatoms. The van der Waals surface area contributed by atoms with E-state index in [9.17, 15) is 4.79 Å². The predicted molar refractivity (Wildman–Crippen MR) is 95.6 cm³/mol. The summed E-state index contributed by atoms with van der Waals surface area (Å²) in [6.07, 6.45) is -0.489. The highest BCUT2D eigenvalue weighted by Gasteiger charge is 2.11. The van der Waals surface area contributed by atoms with Crippen molar-refractivity contribution in [2.75, 3.05) is 38.7 Å². The van der Waals surface area contributed by atoms with E-state index >= 15 is 0 Å². The highest BCUT2D eigenvalue weighted by Crippen LogP contribution is 2.11. The van der Waals surface area contributed by atoms with Crippen LogP contribution in [0.2, 0.25) is 0 Å². The van der Waals surface area contributed by atoms with Gasteiger partial charge < -0.3 is 20.1 Å². The SMILES string of the molecule is COC(=O)Nc1ccc(CN=C(N)N2CCOCC2)cc1.I. The van der Waals surface area contributed by atoms with E-state index in [0.717, 1.165) is 18.7 Å². The Morgan fingerprint density at radius 2 is 2.00 bits per heavy atom. The Hall–Kier alpha value is -1.55. The van der Waals surface area contributed by atoms with E-state index in [1.54, 1.807) is 12.1 Å². The van der Waals surface area contributed by atoms with Crippen LogP contribution in [0.25, 0.3) is 0 Å². The van der Waals surface area contributed by atoms with Crippen molar-refractivity contribution in [2.45, 2.75) is 6.54 Å². The summed E-state index contributed by atoms with van der Waals surface area (Å²) in [5, 5.41) is 2.59. The van der Waals surface area contributed by atoms with Gasteiger partial charge in [0, 0.05) is 18.8 Å². The lowest BCUT2D eigenvalue weighted by Gasteiger charge is -2.27. The molecule has 1 aliphatic rings. The van der Waals surface area contributed by atoms with Gasteiger partial charge in [0.15, 0.2) is 5.96 Å². The largest absolute Gasteiger partial charge is 0.453 e. The third-order valence-corrected chi connectivity index (χ3v) is 3.14. The van der Waals surface area contributed by atoms with Crippen LogP contribution in [0.15, 0.2) is 29.3 Å². The van der Waals surface area contributed by atoms with Gasteiger partial charge in [-0.3, -0.25) is 5.32 Å². The molecular formula is C14H21IN4O3. The number of nitrogens with one attached hydrogen (secondary N) is 1. The molecule has 1 aromatic carbocycles. The van der Waals surface area contributed by atoms with Gasteiger partial charge in [0.05, 0.1) is 26.9 Å². The van der Waals surface area contributed by atoms with Crippen molar-refractivity contribution < 1.29 is 14.3 Å². The van der Waals surface area contributed by atoms with Gasteiger partial charge in [-0.15, -0.1) is 24.0 Å². The number of carbonyl (C=O) groups is 1. The quantitative estimate of drug-likeness (QED) is 0.441. The number of anilines is 1. The van der Waals surface area contributed by atoms with Crippen LogP contribution in [0.5, 0.6) is 0 Å². The Morgan fingerprint density at radius 3 is 2.59 bits per heavy atom. The zero-order chi connectivity index (χ0) is 15.1. The molecule has 1 aromatic rings. The van der Waals surface area contributed by atoms with Crippen molar-refractivity contribution >= 4 is 41.7 Å². The van der Waals surface area contributed by atoms with Crippen molar-refractivity contribution in [3.05, 3.63) is 29.8 Å². The molecular weight excluding hydrogens is 399 g/mol. The number of guanidine groups is 1. The summed E-state index contributed by atoms with van der Waals surface area (Å²) in [5.74, 6) is 0.537. The number of benzene rings is 1. The summed E-state index contributed by atoms with van der Waals surface area (Å²) < 4.78 is 9.80. The van der Waals surface area contributed by atoms with E-state index in [1.807, 2.05) is 17.0 Å². The first-order chi connectivity index (χ1) is 10.2. The van der Waals surface area contributed by atoms with Gasteiger partial charge in [-0.25, -0.2) is 9.79 Å². The van der Waals surface area contributed by atoms with Crippen LogP contribution < -0.4 is 11.1 Å². The third-order valence-electron chi connectivity index (χ3n) is 3.14.